The predicted molar refractivity (Wildman–Crippen MR) is 127 cm³/mol. The number of rotatable bonds is 7. The summed E-state index contributed by atoms with van der Waals surface area (Å²) in [6.07, 6.45) is 19.7. The maximum Gasteiger partial charge on any atom is 0.119 e. The van der Waals surface area contributed by atoms with Crippen LogP contribution in [0.5, 0.6) is 5.75 Å². The predicted octanol–water partition coefficient (Wildman–Crippen LogP) is 8.16. The second-order valence-corrected chi connectivity index (χ2v) is 10.6. The van der Waals surface area contributed by atoms with Crippen molar-refractivity contribution >= 4 is 0 Å². The van der Waals surface area contributed by atoms with Crippen LogP contribution in [0.25, 0.3) is 0 Å². The summed E-state index contributed by atoms with van der Waals surface area (Å²) in [5, 5.41) is 0. The fourth-order valence-electron chi connectivity index (χ4n) is 6.63. The molecular weight excluding hydrogens is 364 g/mol. The van der Waals surface area contributed by atoms with Crippen molar-refractivity contribution in [3.63, 3.8) is 0 Å². The molecule has 164 valence electrons. The van der Waals surface area contributed by atoms with E-state index in [1.807, 2.05) is 0 Å². The summed E-state index contributed by atoms with van der Waals surface area (Å²) in [6, 6.07) is 8.39. The van der Waals surface area contributed by atoms with Crippen molar-refractivity contribution in [2.75, 3.05) is 6.61 Å². The Morgan fingerprint density at radius 1 is 0.867 bits per heavy atom. The quantitative estimate of drug-likeness (QED) is 0.415. The Morgan fingerprint density at radius 2 is 1.53 bits per heavy atom. The molecule has 0 aromatic heterocycles. The van der Waals surface area contributed by atoms with Crippen LogP contribution in [-0.4, -0.2) is 6.61 Å². The summed E-state index contributed by atoms with van der Waals surface area (Å²) in [5.41, 5.74) is 2.12. The van der Waals surface area contributed by atoms with Crippen LogP contribution in [0, 0.1) is 34.5 Å². The van der Waals surface area contributed by atoms with Gasteiger partial charge in [0.1, 0.15) is 5.75 Å². The lowest BCUT2D eigenvalue weighted by atomic mass is 9.48. The standard InChI is InChI=1S/C29H42O/c1-3-5-6-24-7-11-26(12-8-24)29-20-17-28(18-21-29,19-22-29)16-15-25-9-13-27(14-10-25)30-23-4-2/h9-10,13-14,24,26H,3-8,11-12,17-23H2,1-2H3. The zero-order chi connectivity index (χ0) is 20.9. The van der Waals surface area contributed by atoms with Gasteiger partial charge in [0, 0.05) is 11.0 Å². The molecule has 1 aromatic rings. The fraction of sp³-hybridized carbons (Fsp3) is 0.724. The molecule has 4 saturated carbocycles. The molecule has 2 bridgehead atoms. The highest BCUT2D eigenvalue weighted by atomic mass is 16.5. The topological polar surface area (TPSA) is 9.23 Å². The third-order valence-electron chi connectivity index (χ3n) is 8.78. The van der Waals surface area contributed by atoms with E-state index >= 15 is 0 Å². The third kappa shape index (κ3) is 4.90. The summed E-state index contributed by atoms with van der Waals surface area (Å²) in [5.74, 6) is 10.3. The van der Waals surface area contributed by atoms with Crippen LogP contribution in [0.4, 0.5) is 0 Å². The number of benzene rings is 1. The van der Waals surface area contributed by atoms with Crippen LogP contribution < -0.4 is 4.74 Å². The highest BCUT2D eigenvalue weighted by Gasteiger charge is 2.51. The van der Waals surface area contributed by atoms with E-state index in [0.717, 1.165) is 36.2 Å². The normalized spacial score (nSPS) is 33.0. The molecule has 4 aliphatic rings. The van der Waals surface area contributed by atoms with Crippen LogP contribution in [0.1, 0.15) is 109 Å². The Kier molecular flexibility index (Phi) is 7.12. The molecule has 4 aliphatic carbocycles. The van der Waals surface area contributed by atoms with Gasteiger partial charge in [-0.3, -0.25) is 0 Å². The second kappa shape index (κ2) is 9.80. The second-order valence-electron chi connectivity index (χ2n) is 10.6. The van der Waals surface area contributed by atoms with Gasteiger partial charge < -0.3 is 4.74 Å². The first kappa shape index (κ1) is 21.8. The van der Waals surface area contributed by atoms with E-state index in [0.29, 0.717) is 10.8 Å². The van der Waals surface area contributed by atoms with E-state index in [1.54, 1.807) is 0 Å². The summed E-state index contributed by atoms with van der Waals surface area (Å²) >= 11 is 0. The smallest absolute Gasteiger partial charge is 0.119 e. The van der Waals surface area contributed by atoms with Crippen LogP contribution >= 0.6 is 0 Å². The Morgan fingerprint density at radius 3 is 2.13 bits per heavy atom. The Bertz CT molecular complexity index is 701. The van der Waals surface area contributed by atoms with Gasteiger partial charge in [0.2, 0.25) is 0 Å². The molecule has 0 N–H and O–H groups in total. The molecule has 0 atom stereocenters. The van der Waals surface area contributed by atoms with Gasteiger partial charge in [-0.25, -0.2) is 0 Å². The van der Waals surface area contributed by atoms with Gasteiger partial charge >= 0.3 is 0 Å². The summed E-state index contributed by atoms with van der Waals surface area (Å²) in [4.78, 5) is 0. The highest BCUT2D eigenvalue weighted by molar-refractivity contribution is 5.39. The molecule has 0 spiro atoms. The van der Waals surface area contributed by atoms with Crippen molar-refractivity contribution < 1.29 is 4.74 Å². The van der Waals surface area contributed by atoms with Gasteiger partial charge in [-0.1, -0.05) is 57.8 Å². The minimum atomic E-state index is 0.303. The van der Waals surface area contributed by atoms with Crippen molar-refractivity contribution in [3.05, 3.63) is 29.8 Å². The monoisotopic (exact) mass is 406 g/mol. The number of fused-ring (bicyclic) bond motifs is 3. The van der Waals surface area contributed by atoms with Crippen molar-refractivity contribution in [1.29, 1.82) is 0 Å². The maximum atomic E-state index is 5.70. The molecule has 0 heterocycles. The van der Waals surface area contributed by atoms with Crippen LogP contribution in [-0.2, 0) is 0 Å². The lowest BCUT2D eigenvalue weighted by molar-refractivity contribution is -0.0379. The Balaban J connectivity index is 1.31. The molecule has 30 heavy (non-hydrogen) atoms. The Labute approximate surface area is 185 Å². The SMILES string of the molecule is CCCCC1CCC(C23CCC(C#Cc4ccc(OCCC)cc4)(CC2)CC3)CC1. The molecule has 0 unspecified atom stereocenters. The van der Waals surface area contributed by atoms with Crippen molar-refractivity contribution in [1.82, 2.24) is 0 Å². The number of hydrogen-bond donors (Lipinski definition) is 0. The van der Waals surface area contributed by atoms with Crippen molar-refractivity contribution in [2.24, 2.45) is 22.7 Å². The van der Waals surface area contributed by atoms with Gasteiger partial charge in [0.05, 0.1) is 6.61 Å². The Hall–Kier alpha value is -1.42. The lowest BCUT2D eigenvalue weighted by Gasteiger charge is -2.56. The van der Waals surface area contributed by atoms with Gasteiger partial charge in [-0.15, -0.1) is 0 Å². The largest absolute Gasteiger partial charge is 0.494 e. The molecule has 0 radical (unpaired) electrons. The first-order valence-corrected chi connectivity index (χ1v) is 12.9. The first-order valence-electron chi connectivity index (χ1n) is 12.9. The van der Waals surface area contributed by atoms with E-state index in [4.69, 9.17) is 4.74 Å². The molecule has 1 nitrogen and oxygen atoms in total. The molecule has 5 rings (SSSR count). The van der Waals surface area contributed by atoms with Crippen molar-refractivity contribution in [3.8, 4) is 17.6 Å². The van der Waals surface area contributed by atoms with E-state index in [2.05, 4.69) is 50.0 Å². The van der Waals surface area contributed by atoms with Gasteiger partial charge in [-0.05, 0) is 99.3 Å². The van der Waals surface area contributed by atoms with E-state index in [1.165, 1.54) is 83.5 Å². The number of hydrogen-bond acceptors (Lipinski definition) is 1. The molecule has 0 aliphatic heterocycles. The minimum Gasteiger partial charge on any atom is -0.494 e. The van der Waals surface area contributed by atoms with Gasteiger partial charge in [-0.2, -0.15) is 0 Å². The number of unbranched alkanes of at least 4 members (excludes halogenated alkanes) is 1. The number of ether oxygens (including phenoxy) is 1. The average molecular weight is 407 g/mol. The zero-order valence-corrected chi connectivity index (χ0v) is 19.5. The highest BCUT2D eigenvalue weighted by Crippen LogP contribution is 2.62. The molecular formula is C29H42O. The average Bonchev–Trinajstić information content (AvgIpc) is 2.82. The molecule has 1 heteroatoms. The van der Waals surface area contributed by atoms with E-state index in [-0.39, 0.29) is 0 Å². The minimum absolute atomic E-state index is 0.303. The fourth-order valence-corrected chi connectivity index (χ4v) is 6.63. The van der Waals surface area contributed by atoms with E-state index < -0.39 is 0 Å². The summed E-state index contributed by atoms with van der Waals surface area (Å²) in [7, 11) is 0. The molecule has 0 amide bonds. The van der Waals surface area contributed by atoms with Crippen LogP contribution in [0.3, 0.4) is 0 Å². The summed E-state index contributed by atoms with van der Waals surface area (Å²) < 4.78 is 5.70. The summed E-state index contributed by atoms with van der Waals surface area (Å²) in [6.45, 7) is 5.26. The van der Waals surface area contributed by atoms with E-state index in [9.17, 15) is 0 Å². The molecule has 4 fully saturated rings. The third-order valence-corrected chi connectivity index (χ3v) is 8.78. The van der Waals surface area contributed by atoms with Crippen LogP contribution in [0.2, 0.25) is 0 Å². The lowest BCUT2D eigenvalue weighted by Crippen LogP contribution is -2.45. The van der Waals surface area contributed by atoms with Crippen molar-refractivity contribution in [2.45, 2.75) is 104 Å². The molecule has 1 aromatic carbocycles. The molecule has 0 saturated heterocycles. The zero-order valence-electron chi connectivity index (χ0n) is 19.5. The van der Waals surface area contributed by atoms with Gasteiger partial charge in [0.15, 0.2) is 0 Å². The maximum absolute atomic E-state index is 5.70. The van der Waals surface area contributed by atoms with Crippen LogP contribution in [0.15, 0.2) is 24.3 Å². The first-order chi connectivity index (χ1) is 14.7. The van der Waals surface area contributed by atoms with Gasteiger partial charge in [0.25, 0.3) is 0 Å².